The molecule has 0 saturated carbocycles. The van der Waals surface area contributed by atoms with Gasteiger partial charge in [-0.2, -0.15) is 0 Å². The van der Waals surface area contributed by atoms with Gasteiger partial charge in [0.1, 0.15) is 5.82 Å². The Bertz CT molecular complexity index is 831. The van der Waals surface area contributed by atoms with Gasteiger partial charge in [-0.05, 0) is 49.6 Å². The Morgan fingerprint density at radius 2 is 2.04 bits per heavy atom. The number of pyridine rings is 1. The van der Waals surface area contributed by atoms with E-state index in [4.69, 9.17) is 4.42 Å². The minimum Gasteiger partial charge on any atom is -0.419 e. The molecule has 1 aromatic carbocycles. The Hall–Kier alpha value is -2.73. The molecule has 3 aromatic rings. The van der Waals surface area contributed by atoms with E-state index in [0.717, 1.165) is 31.0 Å². The normalized spacial score (nSPS) is 17.5. The summed E-state index contributed by atoms with van der Waals surface area (Å²) < 4.78 is 5.82. The van der Waals surface area contributed by atoms with Gasteiger partial charge < -0.3 is 9.73 Å². The largest absolute Gasteiger partial charge is 0.419 e. The van der Waals surface area contributed by atoms with Crippen LogP contribution in [0.3, 0.4) is 0 Å². The molecule has 2 aromatic heterocycles. The van der Waals surface area contributed by atoms with Crippen molar-refractivity contribution in [1.29, 1.82) is 0 Å². The van der Waals surface area contributed by atoms with E-state index in [9.17, 15) is 0 Å². The van der Waals surface area contributed by atoms with Gasteiger partial charge in [-0.25, -0.2) is 4.98 Å². The zero-order valence-electron chi connectivity index (χ0n) is 14.9. The minimum atomic E-state index is 0.587. The van der Waals surface area contributed by atoms with Crippen LogP contribution < -0.4 is 5.32 Å². The summed E-state index contributed by atoms with van der Waals surface area (Å²) in [6.45, 7) is 5.77. The summed E-state index contributed by atoms with van der Waals surface area (Å²) in [5, 5.41) is 11.8. The third-order valence-electron chi connectivity index (χ3n) is 4.70. The lowest BCUT2D eigenvalue weighted by atomic mass is 10.1. The van der Waals surface area contributed by atoms with E-state index in [1.165, 1.54) is 12.0 Å². The molecule has 1 atom stereocenters. The smallest absolute Gasteiger partial charge is 0.247 e. The van der Waals surface area contributed by atoms with Crippen LogP contribution in [0.25, 0.3) is 11.5 Å². The van der Waals surface area contributed by atoms with Crippen LogP contribution >= 0.6 is 0 Å². The van der Waals surface area contributed by atoms with Gasteiger partial charge in [-0.3, -0.25) is 4.90 Å². The molecule has 0 spiro atoms. The lowest BCUT2D eigenvalue weighted by Crippen LogP contribution is -2.23. The number of hydrogen-bond donors (Lipinski definition) is 1. The summed E-state index contributed by atoms with van der Waals surface area (Å²) in [6.07, 6.45) is 3.06. The highest BCUT2D eigenvalue weighted by atomic mass is 16.4. The van der Waals surface area contributed by atoms with E-state index in [-0.39, 0.29) is 0 Å². The van der Waals surface area contributed by atoms with Crippen LogP contribution in [0.2, 0.25) is 0 Å². The third kappa shape index (κ3) is 4.08. The van der Waals surface area contributed by atoms with Crippen molar-refractivity contribution in [1.82, 2.24) is 20.1 Å². The Labute approximate surface area is 153 Å². The summed E-state index contributed by atoms with van der Waals surface area (Å²) in [4.78, 5) is 6.77. The van der Waals surface area contributed by atoms with Crippen LogP contribution in [0.5, 0.6) is 0 Å². The molecule has 1 fully saturated rings. The monoisotopic (exact) mass is 349 g/mol. The maximum Gasteiger partial charge on any atom is 0.247 e. The molecule has 26 heavy (non-hydrogen) atoms. The number of rotatable bonds is 6. The Kier molecular flexibility index (Phi) is 4.93. The van der Waals surface area contributed by atoms with Crippen LogP contribution in [0.1, 0.15) is 17.9 Å². The maximum atomic E-state index is 5.82. The van der Waals surface area contributed by atoms with Crippen LogP contribution in [-0.4, -0.2) is 39.7 Å². The van der Waals surface area contributed by atoms with Crippen LogP contribution in [0.15, 0.2) is 53.1 Å². The van der Waals surface area contributed by atoms with Gasteiger partial charge in [0.25, 0.3) is 0 Å². The standard InChI is InChI=1S/C20H23N5O/c1-15-7-8-18(21-11-15)22-12-16-9-10-25(13-16)14-19-23-24-20(26-19)17-5-3-2-4-6-17/h2-8,11,16H,9-10,12-14H2,1H3,(H,21,22). The Morgan fingerprint density at radius 3 is 2.85 bits per heavy atom. The number of nitrogens with zero attached hydrogens (tertiary/aromatic N) is 4. The van der Waals surface area contributed by atoms with E-state index in [0.29, 0.717) is 24.2 Å². The third-order valence-corrected chi connectivity index (χ3v) is 4.70. The fourth-order valence-corrected chi connectivity index (χ4v) is 3.25. The molecular weight excluding hydrogens is 326 g/mol. The van der Waals surface area contributed by atoms with Gasteiger partial charge in [0.2, 0.25) is 11.8 Å². The molecule has 3 heterocycles. The molecule has 0 radical (unpaired) electrons. The molecule has 0 aliphatic carbocycles. The molecular formula is C20H23N5O. The van der Waals surface area contributed by atoms with E-state index in [1.54, 1.807) is 0 Å². The van der Waals surface area contributed by atoms with Crippen molar-refractivity contribution >= 4 is 5.82 Å². The highest BCUT2D eigenvalue weighted by molar-refractivity contribution is 5.51. The molecule has 1 N–H and O–H groups in total. The van der Waals surface area contributed by atoms with Crippen molar-refractivity contribution in [2.75, 3.05) is 25.0 Å². The van der Waals surface area contributed by atoms with Gasteiger partial charge in [-0.15, -0.1) is 10.2 Å². The molecule has 0 bridgehead atoms. The number of nitrogens with one attached hydrogen (secondary N) is 1. The van der Waals surface area contributed by atoms with E-state index < -0.39 is 0 Å². The lowest BCUT2D eigenvalue weighted by molar-refractivity contribution is 0.283. The zero-order valence-corrected chi connectivity index (χ0v) is 14.9. The second kappa shape index (κ2) is 7.66. The van der Waals surface area contributed by atoms with Crippen LogP contribution in [-0.2, 0) is 6.54 Å². The first-order valence-electron chi connectivity index (χ1n) is 9.03. The van der Waals surface area contributed by atoms with Crippen molar-refractivity contribution < 1.29 is 4.42 Å². The van der Waals surface area contributed by atoms with Gasteiger partial charge >= 0.3 is 0 Å². The fourth-order valence-electron chi connectivity index (χ4n) is 3.25. The highest BCUT2D eigenvalue weighted by Gasteiger charge is 2.24. The van der Waals surface area contributed by atoms with Crippen LogP contribution in [0.4, 0.5) is 5.82 Å². The van der Waals surface area contributed by atoms with Gasteiger partial charge in [0.15, 0.2) is 0 Å². The number of aromatic nitrogens is 3. The Balaban J connectivity index is 1.28. The predicted octanol–water partition coefficient (Wildman–Crippen LogP) is 3.37. The average Bonchev–Trinajstić information content (AvgIpc) is 3.32. The first-order valence-corrected chi connectivity index (χ1v) is 9.03. The van der Waals surface area contributed by atoms with Crippen molar-refractivity contribution in [2.45, 2.75) is 19.9 Å². The van der Waals surface area contributed by atoms with E-state index in [2.05, 4.69) is 31.5 Å². The summed E-state index contributed by atoms with van der Waals surface area (Å²) in [5.74, 6) is 2.81. The molecule has 134 valence electrons. The number of hydrogen-bond acceptors (Lipinski definition) is 6. The fraction of sp³-hybridized carbons (Fsp3) is 0.350. The number of anilines is 1. The number of aryl methyl sites for hydroxylation is 1. The maximum absolute atomic E-state index is 5.82. The molecule has 1 saturated heterocycles. The van der Waals surface area contributed by atoms with E-state index >= 15 is 0 Å². The van der Waals surface area contributed by atoms with Gasteiger partial charge in [0.05, 0.1) is 6.54 Å². The Morgan fingerprint density at radius 1 is 1.15 bits per heavy atom. The molecule has 4 rings (SSSR count). The van der Waals surface area contributed by atoms with Crippen LogP contribution in [0, 0.1) is 12.8 Å². The molecule has 0 amide bonds. The molecule has 1 aliphatic rings. The quantitative estimate of drug-likeness (QED) is 0.736. The van der Waals surface area contributed by atoms with E-state index in [1.807, 2.05) is 49.5 Å². The highest BCUT2D eigenvalue weighted by Crippen LogP contribution is 2.21. The molecule has 6 heteroatoms. The van der Waals surface area contributed by atoms with Crippen molar-refractivity contribution in [3.63, 3.8) is 0 Å². The zero-order chi connectivity index (χ0) is 17.8. The van der Waals surface area contributed by atoms with Gasteiger partial charge in [-0.1, -0.05) is 24.3 Å². The number of likely N-dealkylation sites (tertiary alicyclic amines) is 1. The van der Waals surface area contributed by atoms with Crippen molar-refractivity contribution in [2.24, 2.45) is 5.92 Å². The predicted molar refractivity (Wildman–Crippen MR) is 101 cm³/mol. The van der Waals surface area contributed by atoms with Crippen molar-refractivity contribution in [3.05, 3.63) is 60.1 Å². The molecule has 6 nitrogen and oxygen atoms in total. The first kappa shape index (κ1) is 16.7. The lowest BCUT2D eigenvalue weighted by Gasteiger charge is -2.14. The average molecular weight is 349 g/mol. The molecule has 1 unspecified atom stereocenters. The van der Waals surface area contributed by atoms with Crippen molar-refractivity contribution in [3.8, 4) is 11.5 Å². The second-order valence-electron chi connectivity index (χ2n) is 6.86. The summed E-state index contributed by atoms with van der Waals surface area (Å²) in [5.41, 5.74) is 2.14. The topological polar surface area (TPSA) is 67.1 Å². The van der Waals surface area contributed by atoms with Gasteiger partial charge in [0, 0.05) is 24.8 Å². The first-order chi connectivity index (χ1) is 12.8. The second-order valence-corrected chi connectivity index (χ2v) is 6.86. The summed E-state index contributed by atoms with van der Waals surface area (Å²) in [6, 6.07) is 14.0. The minimum absolute atomic E-state index is 0.587. The number of benzene rings is 1. The SMILES string of the molecule is Cc1ccc(NCC2CCN(Cc3nnc(-c4ccccc4)o3)C2)nc1. The summed E-state index contributed by atoms with van der Waals surface area (Å²) in [7, 11) is 0. The summed E-state index contributed by atoms with van der Waals surface area (Å²) >= 11 is 0. The molecule has 1 aliphatic heterocycles.